The molecule has 0 aromatic carbocycles. The van der Waals surface area contributed by atoms with Crippen LogP contribution in [-0.2, 0) is 11.3 Å². The molecule has 1 atom stereocenters. The summed E-state index contributed by atoms with van der Waals surface area (Å²) in [5.74, 6) is -0.472. The number of carbonyl (C=O) groups is 2. The molecule has 118 valence electrons. The maximum atomic E-state index is 11.6. The lowest BCUT2D eigenvalue weighted by Gasteiger charge is -2.18. The lowest BCUT2D eigenvalue weighted by Crippen LogP contribution is -2.40. The van der Waals surface area contributed by atoms with Crippen LogP contribution < -0.4 is 10.6 Å². The minimum absolute atomic E-state index is 0.0423. The molecule has 0 aliphatic carbocycles. The number of hydrogen-bond donors (Lipinski definition) is 3. The van der Waals surface area contributed by atoms with Gasteiger partial charge in [0.15, 0.2) is 0 Å². The van der Waals surface area contributed by atoms with E-state index in [0.29, 0.717) is 25.6 Å². The number of carbonyl (C=O) groups excluding carboxylic acids is 1. The SMILES string of the molecule is CC(C)C[C@H](CNC(=O)NCCn1cccn1)CC(=O)O. The number of aromatic nitrogens is 2. The zero-order valence-corrected chi connectivity index (χ0v) is 12.6. The molecule has 0 aliphatic rings. The maximum Gasteiger partial charge on any atom is 0.314 e. The van der Waals surface area contributed by atoms with Gasteiger partial charge in [-0.1, -0.05) is 13.8 Å². The van der Waals surface area contributed by atoms with Gasteiger partial charge in [0.1, 0.15) is 0 Å². The van der Waals surface area contributed by atoms with Crippen molar-refractivity contribution in [3.8, 4) is 0 Å². The molecule has 0 saturated carbocycles. The van der Waals surface area contributed by atoms with Crippen LogP contribution in [0, 0.1) is 11.8 Å². The fourth-order valence-electron chi connectivity index (χ4n) is 2.17. The van der Waals surface area contributed by atoms with E-state index in [-0.39, 0.29) is 18.4 Å². The van der Waals surface area contributed by atoms with Crippen molar-refractivity contribution in [2.24, 2.45) is 11.8 Å². The fraction of sp³-hybridized carbons (Fsp3) is 0.643. The average Bonchev–Trinajstić information content (AvgIpc) is 2.88. The Morgan fingerprint density at radius 2 is 2.10 bits per heavy atom. The van der Waals surface area contributed by atoms with E-state index in [1.165, 1.54) is 0 Å². The summed E-state index contributed by atoms with van der Waals surface area (Å²) in [4.78, 5) is 22.4. The van der Waals surface area contributed by atoms with Crippen LogP contribution in [0.1, 0.15) is 26.7 Å². The molecule has 0 spiro atoms. The van der Waals surface area contributed by atoms with Gasteiger partial charge < -0.3 is 15.7 Å². The molecule has 0 fully saturated rings. The van der Waals surface area contributed by atoms with E-state index in [4.69, 9.17) is 5.11 Å². The molecule has 2 amide bonds. The zero-order chi connectivity index (χ0) is 15.7. The minimum atomic E-state index is -0.832. The number of urea groups is 1. The predicted molar refractivity (Wildman–Crippen MR) is 78.8 cm³/mol. The third-order valence-corrected chi connectivity index (χ3v) is 3.00. The van der Waals surface area contributed by atoms with Crippen LogP contribution in [0.5, 0.6) is 0 Å². The summed E-state index contributed by atoms with van der Waals surface area (Å²) in [5, 5.41) is 18.4. The normalized spacial score (nSPS) is 12.1. The van der Waals surface area contributed by atoms with Crippen molar-refractivity contribution in [1.82, 2.24) is 20.4 Å². The number of amides is 2. The van der Waals surface area contributed by atoms with Crippen LogP contribution in [0.3, 0.4) is 0 Å². The van der Waals surface area contributed by atoms with E-state index in [2.05, 4.69) is 15.7 Å². The molecular weight excluding hydrogens is 272 g/mol. The van der Waals surface area contributed by atoms with Gasteiger partial charge in [0.2, 0.25) is 0 Å². The van der Waals surface area contributed by atoms with Crippen LogP contribution in [0.2, 0.25) is 0 Å². The van der Waals surface area contributed by atoms with Crippen molar-refractivity contribution in [1.29, 1.82) is 0 Å². The lowest BCUT2D eigenvalue weighted by atomic mass is 9.94. The Labute approximate surface area is 124 Å². The van der Waals surface area contributed by atoms with Crippen LogP contribution >= 0.6 is 0 Å². The second-order valence-electron chi connectivity index (χ2n) is 5.50. The summed E-state index contributed by atoms with van der Waals surface area (Å²) in [5.41, 5.74) is 0. The molecule has 3 N–H and O–H groups in total. The lowest BCUT2D eigenvalue weighted by molar-refractivity contribution is -0.138. The third-order valence-electron chi connectivity index (χ3n) is 3.00. The van der Waals surface area contributed by atoms with Gasteiger partial charge in [0, 0.05) is 31.9 Å². The molecule has 7 heteroatoms. The second-order valence-corrected chi connectivity index (χ2v) is 5.50. The van der Waals surface area contributed by atoms with Gasteiger partial charge in [0.05, 0.1) is 6.54 Å². The second kappa shape index (κ2) is 8.99. The molecule has 0 saturated heterocycles. The van der Waals surface area contributed by atoms with Gasteiger partial charge in [-0.2, -0.15) is 5.10 Å². The summed E-state index contributed by atoms with van der Waals surface area (Å²) in [6, 6.07) is 1.55. The van der Waals surface area contributed by atoms with Gasteiger partial charge in [0.25, 0.3) is 0 Å². The van der Waals surface area contributed by atoms with Gasteiger partial charge in [-0.25, -0.2) is 4.79 Å². The van der Waals surface area contributed by atoms with E-state index in [1.54, 1.807) is 10.9 Å². The fourth-order valence-corrected chi connectivity index (χ4v) is 2.17. The Hall–Kier alpha value is -2.05. The van der Waals surface area contributed by atoms with Crippen molar-refractivity contribution >= 4 is 12.0 Å². The number of nitrogens with one attached hydrogen (secondary N) is 2. The molecule has 0 aliphatic heterocycles. The Morgan fingerprint density at radius 3 is 2.67 bits per heavy atom. The van der Waals surface area contributed by atoms with Crippen molar-refractivity contribution in [2.75, 3.05) is 13.1 Å². The topological polar surface area (TPSA) is 96.3 Å². The molecule has 0 unspecified atom stereocenters. The van der Waals surface area contributed by atoms with Crippen LogP contribution in [-0.4, -0.2) is 40.0 Å². The van der Waals surface area contributed by atoms with E-state index >= 15 is 0 Å². The van der Waals surface area contributed by atoms with Gasteiger partial charge in [-0.3, -0.25) is 9.48 Å². The summed E-state index contributed by atoms with van der Waals surface area (Å²) < 4.78 is 1.73. The van der Waals surface area contributed by atoms with Gasteiger partial charge in [-0.05, 0) is 24.3 Å². The Morgan fingerprint density at radius 1 is 1.33 bits per heavy atom. The summed E-state index contributed by atoms with van der Waals surface area (Å²) in [6.45, 7) is 5.53. The molecule has 1 aromatic rings. The molecule has 21 heavy (non-hydrogen) atoms. The number of aliphatic carboxylic acids is 1. The maximum absolute atomic E-state index is 11.6. The molecule has 0 bridgehead atoms. The number of carboxylic acids is 1. The predicted octanol–water partition coefficient (Wildman–Crippen LogP) is 1.32. The monoisotopic (exact) mass is 296 g/mol. The minimum Gasteiger partial charge on any atom is -0.481 e. The molecule has 1 rings (SSSR count). The third kappa shape index (κ3) is 7.96. The molecule has 7 nitrogen and oxygen atoms in total. The van der Waals surface area contributed by atoms with Crippen molar-refractivity contribution < 1.29 is 14.7 Å². The molecule has 1 heterocycles. The number of carboxylic acid groups (broad SMARTS) is 1. The van der Waals surface area contributed by atoms with Gasteiger partial charge >= 0.3 is 12.0 Å². The highest BCUT2D eigenvalue weighted by Crippen LogP contribution is 2.14. The summed E-state index contributed by atoms with van der Waals surface area (Å²) in [6.07, 6.45) is 4.36. The highest BCUT2D eigenvalue weighted by Gasteiger charge is 2.15. The summed E-state index contributed by atoms with van der Waals surface area (Å²) in [7, 11) is 0. The highest BCUT2D eigenvalue weighted by molar-refractivity contribution is 5.74. The van der Waals surface area contributed by atoms with E-state index < -0.39 is 5.97 Å². The zero-order valence-electron chi connectivity index (χ0n) is 12.6. The first kappa shape index (κ1) is 17.0. The van der Waals surface area contributed by atoms with Crippen molar-refractivity contribution in [2.45, 2.75) is 33.2 Å². The van der Waals surface area contributed by atoms with Crippen molar-refractivity contribution in [3.63, 3.8) is 0 Å². The molecular formula is C14H24N4O3. The van der Waals surface area contributed by atoms with E-state index in [0.717, 1.165) is 6.42 Å². The first-order valence-electron chi connectivity index (χ1n) is 7.18. The Bertz CT molecular complexity index is 431. The van der Waals surface area contributed by atoms with Crippen molar-refractivity contribution in [3.05, 3.63) is 18.5 Å². The number of nitrogens with zero attached hydrogens (tertiary/aromatic N) is 2. The Balaban J connectivity index is 2.23. The van der Waals surface area contributed by atoms with E-state index in [1.807, 2.05) is 26.1 Å². The first-order valence-corrected chi connectivity index (χ1v) is 7.18. The van der Waals surface area contributed by atoms with Crippen LogP contribution in [0.25, 0.3) is 0 Å². The summed E-state index contributed by atoms with van der Waals surface area (Å²) >= 11 is 0. The number of rotatable bonds is 9. The van der Waals surface area contributed by atoms with Gasteiger partial charge in [-0.15, -0.1) is 0 Å². The standard InChI is InChI=1S/C14H24N4O3/c1-11(2)8-12(9-13(19)20)10-16-14(21)15-5-7-18-6-3-4-17-18/h3-4,6,11-12H,5,7-10H2,1-2H3,(H,19,20)(H2,15,16,21)/t12-/m0/s1. The average molecular weight is 296 g/mol. The first-order chi connectivity index (χ1) is 9.97. The van der Waals surface area contributed by atoms with Crippen LogP contribution in [0.4, 0.5) is 4.79 Å². The molecule has 1 aromatic heterocycles. The Kier molecular flexibility index (Phi) is 7.28. The highest BCUT2D eigenvalue weighted by atomic mass is 16.4. The molecule has 0 radical (unpaired) electrons. The largest absolute Gasteiger partial charge is 0.481 e. The number of hydrogen-bond acceptors (Lipinski definition) is 3. The van der Waals surface area contributed by atoms with E-state index in [9.17, 15) is 9.59 Å². The van der Waals surface area contributed by atoms with Crippen LogP contribution in [0.15, 0.2) is 18.5 Å². The quantitative estimate of drug-likeness (QED) is 0.640. The smallest absolute Gasteiger partial charge is 0.314 e.